The summed E-state index contributed by atoms with van der Waals surface area (Å²) in [6, 6.07) is 11.9. The highest BCUT2D eigenvalue weighted by molar-refractivity contribution is 5.81. The summed E-state index contributed by atoms with van der Waals surface area (Å²) in [6.45, 7) is 9.40. The van der Waals surface area contributed by atoms with Gasteiger partial charge in [-0.3, -0.25) is 9.69 Å². The van der Waals surface area contributed by atoms with Crippen molar-refractivity contribution in [3.8, 4) is 0 Å². The van der Waals surface area contributed by atoms with Crippen molar-refractivity contribution >= 4 is 17.0 Å². The van der Waals surface area contributed by atoms with E-state index in [1.165, 1.54) is 43.2 Å². The van der Waals surface area contributed by atoms with Crippen LogP contribution in [0.5, 0.6) is 0 Å². The number of aromatic nitrogens is 5. The first-order valence-corrected chi connectivity index (χ1v) is 14.5. The Kier molecular flexibility index (Phi) is 6.77. The molecule has 2 aliphatic heterocycles. The molecule has 2 aliphatic rings. The Morgan fingerprint density at radius 2 is 1.82 bits per heavy atom. The fraction of sp³-hybridized carbons (Fsp3) is 0.500. The molecule has 4 heterocycles. The van der Waals surface area contributed by atoms with Gasteiger partial charge >= 0.3 is 5.97 Å². The molecule has 2 fully saturated rings. The Hall–Kier alpha value is -3.52. The number of benzene rings is 2. The number of piperidine rings is 1. The Balaban J connectivity index is 1.36. The Morgan fingerprint density at radius 1 is 1.07 bits per heavy atom. The van der Waals surface area contributed by atoms with E-state index in [1.807, 2.05) is 40.1 Å². The monoisotopic (exact) mass is 540 g/mol. The normalized spacial score (nSPS) is 20.3. The largest absolute Gasteiger partial charge is 0.481 e. The molecule has 2 saturated heterocycles. The molecule has 8 nitrogen and oxygen atoms in total. The average molecular weight is 541 g/mol. The zero-order chi connectivity index (χ0) is 28.2. The maximum atomic E-state index is 12.6. The van der Waals surface area contributed by atoms with Gasteiger partial charge in [-0.25, -0.2) is 9.67 Å². The number of hydrogen-bond acceptors (Lipinski definition) is 5. The third kappa shape index (κ3) is 4.52. The molecular weight excluding hydrogens is 500 g/mol. The number of carboxylic acids is 1. The highest BCUT2D eigenvalue weighted by atomic mass is 16.4. The lowest BCUT2D eigenvalue weighted by molar-refractivity contribution is -0.147. The van der Waals surface area contributed by atoms with Crippen LogP contribution in [0, 0.1) is 19.3 Å². The minimum absolute atomic E-state index is 0.359. The number of carboxylic acid groups (broad SMARTS) is 1. The Labute approximate surface area is 236 Å². The molecule has 0 saturated carbocycles. The van der Waals surface area contributed by atoms with Gasteiger partial charge in [0.15, 0.2) is 0 Å². The van der Waals surface area contributed by atoms with Crippen LogP contribution in [-0.4, -0.2) is 52.6 Å². The third-order valence-corrected chi connectivity index (χ3v) is 9.68. The van der Waals surface area contributed by atoms with Gasteiger partial charge in [-0.15, -0.1) is 5.10 Å². The van der Waals surface area contributed by atoms with Crippen molar-refractivity contribution in [3.63, 3.8) is 0 Å². The van der Waals surface area contributed by atoms with Crippen molar-refractivity contribution < 1.29 is 9.90 Å². The van der Waals surface area contributed by atoms with Gasteiger partial charge in [0.25, 0.3) is 0 Å². The van der Waals surface area contributed by atoms with Crippen molar-refractivity contribution in [2.24, 2.45) is 12.5 Å². The van der Waals surface area contributed by atoms with Crippen LogP contribution in [0.15, 0.2) is 42.7 Å². The number of rotatable bonds is 8. The summed E-state index contributed by atoms with van der Waals surface area (Å²) >= 11 is 0. The SMILES string of the molecule is Cc1ccc(C(c2ccc3c(nnn3C)c2C)C(C)(C)C(=O)O)cc1Cn1ccnc1CN1C2CCCC1CC2. The molecule has 2 aromatic heterocycles. The van der Waals surface area contributed by atoms with E-state index in [9.17, 15) is 9.90 Å². The van der Waals surface area contributed by atoms with Gasteiger partial charge in [0.05, 0.1) is 17.5 Å². The Bertz CT molecular complexity index is 1550. The minimum Gasteiger partial charge on any atom is -0.481 e. The first-order valence-electron chi connectivity index (χ1n) is 14.5. The average Bonchev–Trinajstić information content (AvgIpc) is 3.58. The maximum absolute atomic E-state index is 12.6. The predicted molar refractivity (Wildman–Crippen MR) is 155 cm³/mol. The molecule has 3 unspecified atom stereocenters. The molecular formula is C32H40N6O2. The highest BCUT2D eigenvalue weighted by Crippen LogP contribution is 2.44. The summed E-state index contributed by atoms with van der Waals surface area (Å²) in [5.41, 5.74) is 6.02. The lowest BCUT2D eigenvalue weighted by atomic mass is 9.69. The van der Waals surface area contributed by atoms with Crippen molar-refractivity contribution in [1.82, 2.24) is 29.4 Å². The molecule has 6 rings (SSSR count). The van der Waals surface area contributed by atoms with Gasteiger partial charge in [0, 0.05) is 44.0 Å². The van der Waals surface area contributed by atoms with Crippen LogP contribution in [0.2, 0.25) is 0 Å². The first-order chi connectivity index (χ1) is 19.1. The van der Waals surface area contributed by atoms with Gasteiger partial charge in [-0.2, -0.15) is 0 Å². The topological polar surface area (TPSA) is 89.1 Å². The van der Waals surface area contributed by atoms with E-state index in [2.05, 4.69) is 57.2 Å². The van der Waals surface area contributed by atoms with Gasteiger partial charge in [0.1, 0.15) is 11.3 Å². The standard InChI is InChI=1S/C32H40N6O2/c1-20-9-10-22(29(32(3,4)31(39)40)26-13-14-27-30(21(26)2)34-35-36(27)5)17-23(20)18-37-16-15-33-28(37)19-38-24-7-6-8-25(38)12-11-24/h9-10,13-17,24-25,29H,6-8,11-12,18-19H2,1-5H3,(H,39,40). The molecule has 0 aliphatic carbocycles. The molecule has 3 atom stereocenters. The number of nitrogens with zero attached hydrogens (tertiary/aromatic N) is 6. The van der Waals surface area contributed by atoms with E-state index in [4.69, 9.17) is 4.98 Å². The number of aryl methyl sites for hydroxylation is 3. The molecule has 0 spiro atoms. The van der Waals surface area contributed by atoms with Gasteiger partial charge in [-0.1, -0.05) is 35.9 Å². The quantitative estimate of drug-likeness (QED) is 0.313. The molecule has 40 heavy (non-hydrogen) atoms. The molecule has 210 valence electrons. The van der Waals surface area contributed by atoms with Gasteiger partial charge in [0.2, 0.25) is 0 Å². The maximum Gasteiger partial charge on any atom is 0.310 e. The van der Waals surface area contributed by atoms with Crippen molar-refractivity contribution in [2.75, 3.05) is 0 Å². The third-order valence-electron chi connectivity index (χ3n) is 9.68. The van der Waals surface area contributed by atoms with Crippen LogP contribution in [-0.2, 0) is 24.9 Å². The van der Waals surface area contributed by atoms with E-state index in [1.54, 1.807) is 4.68 Å². The molecule has 2 aromatic carbocycles. The molecule has 4 aromatic rings. The Morgan fingerprint density at radius 3 is 2.55 bits per heavy atom. The number of hydrogen-bond donors (Lipinski definition) is 1. The summed E-state index contributed by atoms with van der Waals surface area (Å²) in [7, 11) is 1.87. The summed E-state index contributed by atoms with van der Waals surface area (Å²) < 4.78 is 4.03. The van der Waals surface area contributed by atoms with Crippen molar-refractivity contribution in [1.29, 1.82) is 0 Å². The van der Waals surface area contributed by atoms with Gasteiger partial charge < -0.3 is 9.67 Å². The van der Waals surface area contributed by atoms with E-state index < -0.39 is 11.4 Å². The predicted octanol–water partition coefficient (Wildman–Crippen LogP) is 5.59. The molecule has 8 heteroatoms. The lowest BCUT2D eigenvalue weighted by Crippen LogP contribution is -2.39. The fourth-order valence-electron chi connectivity index (χ4n) is 7.18. The number of carbonyl (C=O) groups is 1. The molecule has 1 N–H and O–H groups in total. The second kappa shape index (κ2) is 10.1. The summed E-state index contributed by atoms with van der Waals surface area (Å²) in [6.07, 6.45) is 10.6. The zero-order valence-corrected chi connectivity index (χ0v) is 24.3. The van der Waals surface area contributed by atoms with E-state index in [0.717, 1.165) is 40.1 Å². The molecule has 0 amide bonds. The van der Waals surface area contributed by atoms with Crippen LogP contribution in [0.25, 0.3) is 11.0 Å². The number of fused-ring (bicyclic) bond motifs is 3. The van der Waals surface area contributed by atoms with Crippen molar-refractivity contribution in [2.45, 2.75) is 90.9 Å². The summed E-state index contributed by atoms with van der Waals surface area (Å²) in [5.74, 6) is -0.0803. The molecule has 2 bridgehead atoms. The van der Waals surface area contributed by atoms with E-state index in [0.29, 0.717) is 18.6 Å². The van der Waals surface area contributed by atoms with Crippen LogP contribution in [0.1, 0.15) is 85.5 Å². The van der Waals surface area contributed by atoms with Crippen LogP contribution >= 0.6 is 0 Å². The number of imidazole rings is 1. The fourth-order valence-corrected chi connectivity index (χ4v) is 7.18. The van der Waals surface area contributed by atoms with Crippen LogP contribution in [0.4, 0.5) is 0 Å². The van der Waals surface area contributed by atoms with Crippen LogP contribution < -0.4 is 0 Å². The highest BCUT2D eigenvalue weighted by Gasteiger charge is 2.40. The second-order valence-corrected chi connectivity index (χ2v) is 12.5. The molecule has 0 radical (unpaired) electrons. The van der Waals surface area contributed by atoms with Crippen LogP contribution in [0.3, 0.4) is 0 Å². The van der Waals surface area contributed by atoms with Gasteiger partial charge in [-0.05, 0) is 87.3 Å². The van der Waals surface area contributed by atoms with E-state index in [-0.39, 0.29) is 5.92 Å². The second-order valence-electron chi connectivity index (χ2n) is 12.5. The summed E-state index contributed by atoms with van der Waals surface area (Å²) in [4.78, 5) is 20.1. The smallest absolute Gasteiger partial charge is 0.310 e. The van der Waals surface area contributed by atoms with Crippen molar-refractivity contribution in [3.05, 3.63) is 76.4 Å². The first kappa shape index (κ1) is 26.7. The lowest BCUT2D eigenvalue weighted by Gasteiger charge is -2.34. The summed E-state index contributed by atoms with van der Waals surface area (Å²) in [5, 5.41) is 18.9. The number of aliphatic carboxylic acids is 1. The van der Waals surface area contributed by atoms with E-state index >= 15 is 0 Å². The minimum atomic E-state index is -1.04. The zero-order valence-electron chi connectivity index (χ0n) is 24.3.